The van der Waals surface area contributed by atoms with Crippen molar-refractivity contribution < 1.29 is 4.79 Å². The Morgan fingerprint density at radius 2 is 2.06 bits per heavy atom. The second-order valence-corrected chi connectivity index (χ2v) is 11.2. The van der Waals surface area contributed by atoms with Crippen LogP contribution in [0.2, 0.25) is 0 Å². The van der Waals surface area contributed by atoms with Crippen LogP contribution in [-0.4, -0.2) is 48.1 Å². The van der Waals surface area contributed by atoms with E-state index in [0.29, 0.717) is 12.5 Å². The molecular formula is C23H28N6OS2. The zero-order valence-corrected chi connectivity index (χ0v) is 19.6. The first-order chi connectivity index (χ1) is 15.7. The van der Waals surface area contributed by atoms with E-state index in [0.717, 1.165) is 76.8 Å². The van der Waals surface area contributed by atoms with Gasteiger partial charge >= 0.3 is 0 Å². The van der Waals surface area contributed by atoms with Gasteiger partial charge in [-0.2, -0.15) is 0 Å². The largest absolute Gasteiger partial charge is 0.317 e. The van der Waals surface area contributed by atoms with Gasteiger partial charge in [-0.1, -0.05) is 0 Å². The molecule has 0 spiro atoms. The second kappa shape index (κ2) is 8.79. The van der Waals surface area contributed by atoms with E-state index < -0.39 is 0 Å². The summed E-state index contributed by atoms with van der Waals surface area (Å²) in [5.41, 5.74) is 3.37. The van der Waals surface area contributed by atoms with Crippen molar-refractivity contribution in [3.8, 4) is 10.6 Å². The van der Waals surface area contributed by atoms with E-state index in [4.69, 9.17) is 4.98 Å². The van der Waals surface area contributed by atoms with Gasteiger partial charge in [0.2, 0.25) is 5.91 Å². The third-order valence-corrected chi connectivity index (χ3v) is 9.23. The fourth-order valence-corrected chi connectivity index (χ4v) is 7.76. The first-order valence-corrected chi connectivity index (χ1v) is 13.2. The normalized spacial score (nSPS) is 24.6. The van der Waals surface area contributed by atoms with Gasteiger partial charge in [0.15, 0.2) is 0 Å². The van der Waals surface area contributed by atoms with Crippen LogP contribution in [0.4, 0.5) is 5.00 Å². The van der Waals surface area contributed by atoms with Gasteiger partial charge in [0.1, 0.15) is 15.5 Å². The summed E-state index contributed by atoms with van der Waals surface area (Å²) >= 11 is 3.37. The molecule has 3 aromatic rings. The van der Waals surface area contributed by atoms with E-state index in [-0.39, 0.29) is 5.91 Å². The van der Waals surface area contributed by atoms with Gasteiger partial charge in [-0.15, -0.1) is 22.7 Å². The summed E-state index contributed by atoms with van der Waals surface area (Å²) < 4.78 is 1.13. The molecule has 1 unspecified atom stereocenters. The van der Waals surface area contributed by atoms with Crippen molar-refractivity contribution in [3.63, 3.8) is 0 Å². The summed E-state index contributed by atoms with van der Waals surface area (Å²) in [5.74, 6) is 1.71. The molecule has 1 aliphatic carbocycles. The standard InChI is InChI=1S/C23H28N6OS2/c30-20(3-6-27-15-7-13-9-26-10-14(13)8-15)29-23-21(16-1-4-25-12-19(16)32-23)22-28-17-11-24-5-2-18(17)31-22/h2,5,11,13-15,25-27H,1,3-4,6-10,12H2,(H,29,30)/t13-,14+,15?. The van der Waals surface area contributed by atoms with Crippen molar-refractivity contribution in [3.05, 3.63) is 28.9 Å². The molecule has 0 bridgehead atoms. The quantitative estimate of drug-likeness (QED) is 0.445. The van der Waals surface area contributed by atoms with Gasteiger partial charge < -0.3 is 21.3 Å². The molecule has 168 valence electrons. The topological polar surface area (TPSA) is 91.0 Å². The Hall–Kier alpha value is -1.91. The number of amides is 1. The molecule has 1 saturated carbocycles. The highest BCUT2D eigenvalue weighted by Gasteiger charge is 2.36. The van der Waals surface area contributed by atoms with Crippen molar-refractivity contribution in [1.82, 2.24) is 25.9 Å². The number of nitrogens with zero attached hydrogens (tertiary/aromatic N) is 2. The molecule has 3 atom stereocenters. The molecule has 32 heavy (non-hydrogen) atoms. The Kier molecular flexibility index (Phi) is 5.68. The van der Waals surface area contributed by atoms with E-state index in [9.17, 15) is 4.79 Å². The lowest BCUT2D eigenvalue weighted by Crippen LogP contribution is -2.31. The van der Waals surface area contributed by atoms with Crippen molar-refractivity contribution in [2.45, 2.75) is 38.3 Å². The van der Waals surface area contributed by atoms with Crippen LogP contribution in [0.25, 0.3) is 20.8 Å². The summed E-state index contributed by atoms with van der Waals surface area (Å²) in [7, 11) is 0. The third kappa shape index (κ3) is 3.97. The molecule has 5 heterocycles. The number of hydrogen-bond acceptors (Lipinski definition) is 8. The summed E-state index contributed by atoms with van der Waals surface area (Å²) in [6.45, 7) is 4.87. The lowest BCUT2D eigenvalue weighted by Gasteiger charge is -2.14. The number of carbonyl (C=O) groups excluding carboxylic acids is 1. The molecule has 7 nitrogen and oxygen atoms in total. The van der Waals surface area contributed by atoms with Crippen molar-refractivity contribution in [1.29, 1.82) is 0 Å². The first kappa shape index (κ1) is 20.7. The van der Waals surface area contributed by atoms with Crippen LogP contribution in [-0.2, 0) is 17.8 Å². The van der Waals surface area contributed by atoms with E-state index in [2.05, 4.69) is 26.3 Å². The van der Waals surface area contributed by atoms with Gasteiger partial charge in [-0.25, -0.2) is 4.98 Å². The summed E-state index contributed by atoms with van der Waals surface area (Å²) in [6, 6.07) is 2.57. The van der Waals surface area contributed by atoms with Gasteiger partial charge in [0, 0.05) is 42.2 Å². The zero-order valence-electron chi connectivity index (χ0n) is 17.9. The number of carbonyl (C=O) groups is 1. The number of anilines is 1. The summed E-state index contributed by atoms with van der Waals surface area (Å²) in [5, 5.41) is 15.7. The van der Waals surface area contributed by atoms with Crippen molar-refractivity contribution >= 4 is 43.8 Å². The maximum atomic E-state index is 12.9. The molecule has 1 saturated heterocycles. The molecule has 4 N–H and O–H groups in total. The number of pyridine rings is 1. The molecule has 6 rings (SSSR count). The van der Waals surface area contributed by atoms with E-state index in [1.165, 1.54) is 23.3 Å². The minimum absolute atomic E-state index is 0.0768. The Labute approximate surface area is 195 Å². The number of fused-ring (bicyclic) bond motifs is 3. The van der Waals surface area contributed by atoms with Crippen LogP contribution in [0.3, 0.4) is 0 Å². The number of thiophene rings is 1. The number of nitrogens with one attached hydrogen (secondary N) is 4. The molecule has 9 heteroatoms. The highest BCUT2D eigenvalue weighted by molar-refractivity contribution is 7.22. The van der Waals surface area contributed by atoms with Crippen LogP contribution >= 0.6 is 22.7 Å². The minimum atomic E-state index is 0.0768. The summed E-state index contributed by atoms with van der Waals surface area (Å²) in [4.78, 5) is 23.2. The Morgan fingerprint density at radius 1 is 1.19 bits per heavy atom. The van der Waals surface area contributed by atoms with Crippen LogP contribution in [0.5, 0.6) is 0 Å². The van der Waals surface area contributed by atoms with Crippen LogP contribution in [0.1, 0.15) is 29.7 Å². The molecule has 3 aromatic heterocycles. The number of rotatable bonds is 6. The van der Waals surface area contributed by atoms with E-state index in [1.807, 2.05) is 12.3 Å². The number of thiazole rings is 1. The van der Waals surface area contributed by atoms with E-state index in [1.54, 1.807) is 28.9 Å². The predicted octanol–water partition coefficient (Wildman–Crippen LogP) is 2.98. The Morgan fingerprint density at radius 3 is 2.91 bits per heavy atom. The summed E-state index contributed by atoms with van der Waals surface area (Å²) in [6.07, 6.45) is 7.55. The molecule has 2 fully saturated rings. The average Bonchev–Trinajstić information content (AvgIpc) is 3.54. The molecule has 1 amide bonds. The number of hydrogen-bond donors (Lipinski definition) is 4. The minimum Gasteiger partial charge on any atom is -0.317 e. The third-order valence-electron chi connectivity index (χ3n) is 7.02. The lowest BCUT2D eigenvalue weighted by atomic mass is 10.0. The highest BCUT2D eigenvalue weighted by Crippen LogP contribution is 2.44. The predicted molar refractivity (Wildman–Crippen MR) is 130 cm³/mol. The Balaban J connectivity index is 1.16. The maximum Gasteiger partial charge on any atom is 0.226 e. The van der Waals surface area contributed by atoms with Crippen LogP contribution < -0.4 is 21.3 Å². The van der Waals surface area contributed by atoms with Gasteiger partial charge in [-0.3, -0.25) is 9.78 Å². The van der Waals surface area contributed by atoms with Gasteiger partial charge in [0.05, 0.1) is 10.9 Å². The zero-order chi connectivity index (χ0) is 21.5. The fraction of sp³-hybridized carbons (Fsp3) is 0.522. The molecule has 0 radical (unpaired) electrons. The van der Waals surface area contributed by atoms with Crippen LogP contribution in [0, 0.1) is 11.8 Å². The maximum absolute atomic E-state index is 12.9. The molecule has 0 aromatic carbocycles. The van der Waals surface area contributed by atoms with Crippen LogP contribution in [0.15, 0.2) is 18.5 Å². The van der Waals surface area contributed by atoms with Crippen molar-refractivity contribution in [2.75, 3.05) is 31.5 Å². The van der Waals surface area contributed by atoms with Gasteiger partial charge in [0.25, 0.3) is 0 Å². The second-order valence-electron chi connectivity index (χ2n) is 9.10. The van der Waals surface area contributed by atoms with Crippen molar-refractivity contribution in [2.24, 2.45) is 11.8 Å². The number of aromatic nitrogens is 2. The van der Waals surface area contributed by atoms with Gasteiger partial charge in [-0.05, 0) is 62.4 Å². The average molecular weight is 469 g/mol. The first-order valence-electron chi connectivity index (χ1n) is 11.5. The molecular weight excluding hydrogens is 440 g/mol. The SMILES string of the molecule is O=C(CCNC1C[C@H]2CNC[C@H]2C1)Nc1sc2c(c1-c1nc3cnccc3s1)CCNC2. The Bertz CT molecular complexity index is 1100. The lowest BCUT2D eigenvalue weighted by molar-refractivity contribution is -0.116. The monoisotopic (exact) mass is 468 g/mol. The molecule has 3 aliphatic rings. The smallest absolute Gasteiger partial charge is 0.226 e. The highest BCUT2D eigenvalue weighted by atomic mass is 32.1. The fourth-order valence-electron chi connectivity index (χ4n) is 5.45. The molecule has 2 aliphatic heterocycles. The van der Waals surface area contributed by atoms with E-state index >= 15 is 0 Å².